The zero-order valence-electron chi connectivity index (χ0n) is 12.5. The summed E-state index contributed by atoms with van der Waals surface area (Å²) in [5.41, 5.74) is 8.52. The summed E-state index contributed by atoms with van der Waals surface area (Å²) in [5.74, 6) is 0.0428. The fourth-order valence-electron chi connectivity index (χ4n) is 1.79. The van der Waals surface area contributed by atoms with E-state index in [-0.39, 0.29) is 6.61 Å². The highest BCUT2D eigenvalue weighted by Gasteiger charge is 2.11. The van der Waals surface area contributed by atoms with Crippen molar-refractivity contribution < 1.29 is 14.3 Å². The van der Waals surface area contributed by atoms with Crippen molar-refractivity contribution in [1.29, 1.82) is 0 Å². The van der Waals surface area contributed by atoms with Crippen LogP contribution >= 0.6 is 0 Å². The fraction of sp³-hybridized carbons (Fsp3) is 0.167. The van der Waals surface area contributed by atoms with E-state index >= 15 is 0 Å². The Kier molecular flexibility index (Phi) is 5.20. The van der Waals surface area contributed by atoms with Crippen LogP contribution in [0.1, 0.15) is 22.8 Å². The first kappa shape index (κ1) is 15.6. The number of hydrogen-bond donors (Lipinski definition) is 1. The van der Waals surface area contributed by atoms with Gasteiger partial charge in [-0.2, -0.15) is 0 Å². The lowest BCUT2D eigenvalue weighted by molar-refractivity contribution is 0.0472. The molecule has 0 fully saturated rings. The van der Waals surface area contributed by atoms with Crippen LogP contribution in [-0.2, 0) is 11.3 Å². The van der Waals surface area contributed by atoms with Gasteiger partial charge in [0.25, 0.3) is 0 Å². The van der Waals surface area contributed by atoms with Gasteiger partial charge in [0.05, 0.1) is 11.3 Å². The van der Waals surface area contributed by atoms with Crippen molar-refractivity contribution in [2.75, 3.05) is 12.3 Å². The highest BCUT2D eigenvalue weighted by atomic mass is 16.5. The first-order chi connectivity index (χ1) is 10.6. The van der Waals surface area contributed by atoms with Crippen molar-refractivity contribution >= 4 is 11.7 Å². The molecule has 2 rings (SSSR count). The summed E-state index contributed by atoms with van der Waals surface area (Å²) < 4.78 is 10.8. The third-order valence-electron chi connectivity index (χ3n) is 2.94. The number of carbonyl (C=O) groups is 1. The van der Waals surface area contributed by atoms with Crippen LogP contribution in [-0.4, -0.2) is 12.6 Å². The van der Waals surface area contributed by atoms with Gasteiger partial charge in [0.1, 0.15) is 19.0 Å². The van der Waals surface area contributed by atoms with Gasteiger partial charge < -0.3 is 15.2 Å². The minimum atomic E-state index is -0.413. The second kappa shape index (κ2) is 7.31. The van der Waals surface area contributed by atoms with Crippen molar-refractivity contribution in [3.63, 3.8) is 0 Å². The molecule has 0 atom stereocenters. The second-order valence-corrected chi connectivity index (χ2v) is 5.06. The van der Waals surface area contributed by atoms with Gasteiger partial charge in [0.2, 0.25) is 0 Å². The lowest BCUT2D eigenvalue weighted by Gasteiger charge is -2.11. The molecule has 0 aliphatic rings. The summed E-state index contributed by atoms with van der Waals surface area (Å²) in [4.78, 5) is 12.1. The van der Waals surface area contributed by atoms with Gasteiger partial charge in [-0.25, -0.2) is 4.79 Å². The average Bonchev–Trinajstić information content (AvgIpc) is 2.52. The highest BCUT2D eigenvalue weighted by molar-refractivity contribution is 5.90. The minimum absolute atomic E-state index is 0.228. The maximum Gasteiger partial charge on any atom is 0.338 e. The lowest BCUT2D eigenvalue weighted by Crippen LogP contribution is -2.07. The van der Waals surface area contributed by atoms with Crippen LogP contribution in [0.25, 0.3) is 0 Å². The fourth-order valence-corrected chi connectivity index (χ4v) is 1.79. The maximum atomic E-state index is 12.1. The maximum absolute atomic E-state index is 12.1. The van der Waals surface area contributed by atoms with Gasteiger partial charge >= 0.3 is 5.97 Å². The molecular formula is C18H19NO3. The number of nitrogen functional groups attached to an aromatic ring is 1. The van der Waals surface area contributed by atoms with Crippen molar-refractivity contribution in [2.24, 2.45) is 0 Å². The summed E-state index contributed by atoms with van der Waals surface area (Å²) in [7, 11) is 0. The van der Waals surface area contributed by atoms with Crippen LogP contribution in [0.3, 0.4) is 0 Å². The number of ether oxygens (including phenoxy) is 2. The number of rotatable bonds is 6. The molecule has 2 aromatic rings. The molecule has 22 heavy (non-hydrogen) atoms. The van der Waals surface area contributed by atoms with Gasteiger partial charge in [-0.15, -0.1) is 0 Å². The van der Waals surface area contributed by atoms with Crippen molar-refractivity contribution in [1.82, 2.24) is 0 Å². The predicted octanol–water partition coefficient (Wildman–Crippen LogP) is 3.58. The van der Waals surface area contributed by atoms with E-state index in [0.29, 0.717) is 23.6 Å². The van der Waals surface area contributed by atoms with Crippen LogP contribution in [0.5, 0.6) is 5.75 Å². The average molecular weight is 297 g/mol. The standard InChI is InChI=1S/C18H19NO3/c1-13(2)11-21-17-10-15(8-9-16(17)19)18(20)22-12-14-6-4-3-5-7-14/h3-10H,1,11-12,19H2,2H3. The molecule has 0 spiro atoms. The molecule has 2 N–H and O–H groups in total. The van der Waals surface area contributed by atoms with Gasteiger partial charge in [0, 0.05) is 0 Å². The van der Waals surface area contributed by atoms with E-state index in [2.05, 4.69) is 6.58 Å². The third kappa shape index (κ3) is 4.38. The predicted molar refractivity (Wildman–Crippen MR) is 86.7 cm³/mol. The second-order valence-electron chi connectivity index (χ2n) is 5.06. The van der Waals surface area contributed by atoms with E-state index < -0.39 is 5.97 Å². The molecule has 2 aromatic carbocycles. The van der Waals surface area contributed by atoms with Crippen LogP contribution < -0.4 is 10.5 Å². The Balaban J connectivity index is 2.03. The molecule has 0 bridgehead atoms. The number of hydrogen-bond acceptors (Lipinski definition) is 4. The summed E-state index contributed by atoms with van der Waals surface area (Å²) >= 11 is 0. The van der Waals surface area contributed by atoms with Gasteiger partial charge in [-0.05, 0) is 36.3 Å². The topological polar surface area (TPSA) is 61.5 Å². The van der Waals surface area contributed by atoms with Crippen LogP contribution in [0, 0.1) is 0 Å². The quantitative estimate of drug-likeness (QED) is 0.503. The Morgan fingerprint density at radius 3 is 2.59 bits per heavy atom. The molecular weight excluding hydrogens is 278 g/mol. The Labute approximate surface area is 130 Å². The largest absolute Gasteiger partial charge is 0.487 e. The Hall–Kier alpha value is -2.75. The Morgan fingerprint density at radius 2 is 1.91 bits per heavy atom. The number of esters is 1. The number of benzene rings is 2. The Bertz CT molecular complexity index is 665. The molecule has 0 saturated carbocycles. The van der Waals surface area contributed by atoms with E-state index in [0.717, 1.165) is 11.1 Å². The van der Waals surface area contributed by atoms with Crippen molar-refractivity contribution in [3.8, 4) is 5.75 Å². The Morgan fingerprint density at radius 1 is 1.18 bits per heavy atom. The van der Waals surface area contributed by atoms with Gasteiger partial charge in [-0.1, -0.05) is 36.9 Å². The summed E-state index contributed by atoms with van der Waals surface area (Å²) in [6, 6.07) is 14.4. The first-order valence-electron chi connectivity index (χ1n) is 6.94. The molecule has 0 radical (unpaired) electrons. The highest BCUT2D eigenvalue weighted by Crippen LogP contribution is 2.23. The zero-order valence-corrected chi connectivity index (χ0v) is 12.5. The normalized spacial score (nSPS) is 10.0. The van der Waals surface area contributed by atoms with Crippen molar-refractivity contribution in [3.05, 3.63) is 71.8 Å². The molecule has 0 unspecified atom stereocenters. The summed E-state index contributed by atoms with van der Waals surface area (Å²) in [6.07, 6.45) is 0. The molecule has 0 aliphatic carbocycles. The van der Waals surface area contributed by atoms with E-state index in [9.17, 15) is 4.79 Å². The monoisotopic (exact) mass is 297 g/mol. The van der Waals surface area contributed by atoms with Crippen molar-refractivity contribution in [2.45, 2.75) is 13.5 Å². The van der Waals surface area contributed by atoms with Crippen LogP contribution in [0.15, 0.2) is 60.7 Å². The van der Waals surface area contributed by atoms with Crippen LogP contribution in [0.4, 0.5) is 5.69 Å². The van der Waals surface area contributed by atoms with Crippen LogP contribution in [0.2, 0.25) is 0 Å². The first-order valence-corrected chi connectivity index (χ1v) is 6.94. The van der Waals surface area contributed by atoms with E-state index in [1.165, 1.54) is 0 Å². The molecule has 0 amide bonds. The lowest BCUT2D eigenvalue weighted by atomic mass is 10.2. The molecule has 114 valence electrons. The van der Waals surface area contributed by atoms with Gasteiger partial charge in [-0.3, -0.25) is 0 Å². The molecule has 4 nitrogen and oxygen atoms in total. The summed E-state index contributed by atoms with van der Waals surface area (Å²) in [6.45, 7) is 6.20. The van der Waals surface area contributed by atoms with E-state index in [1.54, 1.807) is 18.2 Å². The number of nitrogens with two attached hydrogens (primary N) is 1. The SMILES string of the molecule is C=C(C)COc1cc(C(=O)OCc2ccccc2)ccc1N. The smallest absolute Gasteiger partial charge is 0.338 e. The van der Waals surface area contributed by atoms with E-state index in [4.69, 9.17) is 15.2 Å². The molecule has 0 aliphatic heterocycles. The molecule has 0 heterocycles. The summed E-state index contributed by atoms with van der Waals surface area (Å²) in [5, 5.41) is 0. The van der Waals surface area contributed by atoms with E-state index in [1.807, 2.05) is 37.3 Å². The van der Waals surface area contributed by atoms with Gasteiger partial charge in [0.15, 0.2) is 0 Å². The molecule has 0 saturated heterocycles. The molecule has 4 heteroatoms. The third-order valence-corrected chi connectivity index (χ3v) is 2.94. The zero-order chi connectivity index (χ0) is 15.9. The minimum Gasteiger partial charge on any atom is -0.487 e. The molecule has 0 aromatic heterocycles. The number of anilines is 1. The number of carbonyl (C=O) groups excluding carboxylic acids is 1.